The van der Waals surface area contributed by atoms with Crippen molar-refractivity contribution in [2.75, 3.05) is 13.1 Å². The minimum Gasteiger partial charge on any atom is -0.488 e. The van der Waals surface area contributed by atoms with E-state index in [2.05, 4.69) is 10.3 Å². The molecular weight excluding hydrogens is 465 g/mol. The molecule has 9 heteroatoms. The SMILES string of the molecule is Cc1cc(Cl)cc(-c2ccnc3cc(CN4C(=O)CCC4=O)sc23)c1O[C@@H]1CNC[C@H](F)C1. The Morgan fingerprint density at radius 2 is 2.00 bits per heavy atom. The molecule has 0 saturated carbocycles. The highest BCUT2D eigenvalue weighted by atomic mass is 35.5. The van der Waals surface area contributed by atoms with Crippen LogP contribution in [0.15, 0.2) is 30.5 Å². The van der Waals surface area contributed by atoms with E-state index in [9.17, 15) is 14.0 Å². The Morgan fingerprint density at radius 3 is 2.76 bits per heavy atom. The molecule has 4 heterocycles. The third-order valence-corrected chi connectivity index (χ3v) is 7.36. The van der Waals surface area contributed by atoms with Gasteiger partial charge in [0.25, 0.3) is 0 Å². The fraction of sp³-hybridized carbons (Fsp3) is 0.375. The third-order valence-electron chi connectivity index (χ3n) is 6.00. The number of hydrogen-bond donors (Lipinski definition) is 1. The van der Waals surface area contributed by atoms with Crippen molar-refractivity contribution >= 4 is 45.0 Å². The zero-order valence-corrected chi connectivity index (χ0v) is 19.6. The van der Waals surface area contributed by atoms with Crippen molar-refractivity contribution in [3.8, 4) is 16.9 Å². The van der Waals surface area contributed by atoms with Gasteiger partial charge in [0.15, 0.2) is 0 Å². The van der Waals surface area contributed by atoms with Gasteiger partial charge in [0, 0.05) is 59.6 Å². The highest BCUT2D eigenvalue weighted by Gasteiger charge is 2.30. The van der Waals surface area contributed by atoms with Crippen LogP contribution in [-0.4, -0.2) is 47.1 Å². The minimum atomic E-state index is -0.941. The molecule has 1 aromatic carbocycles. The van der Waals surface area contributed by atoms with Crippen LogP contribution < -0.4 is 10.1 Å². The first kappa shape index (κ1) is 22.3. The second kappa shape index (κ2) is 9.00. The van der Waals surface area contributed by atoms with Gasteiger partial charge in [-0.05, 0) is 36.8 Å². The van der Waals surface area contributed by atoms with Gasteiger partial charge in [-0.25, -0.2) is 4.39 Å². The first-order valence-electron chi connectivity index (χ1n) is 10.9. The van der Waals surface area contributed by atoms with Crippen LogP contribution in [0.25, 0.3) is 21.3 Å². The number of halogens is 2. The Balaban J connectivity index is 1.54. The number of alkyl halides is 1. The van der Waals surface area contributed by atoms with Crippen LogP contribution in [0.3, 0.4) is 0 Å². The van der Waals surface area contributed by atoms with Gasteiger partial charge < -0.3 is 10.1 Å². The van der Waals surface area contributed by atoms with Crippen molar-refractivity contribution in [1.29, 1.82) is 0 Å². The molecule has 2 atom stereocenters. The van der Waals surface area contributed by atoms with Crippen LogP contribution in [0.4, 0.5) is 4.39 Å². The standard InChI is InChI=1S/C24H23ClFN3O3S/c1-13-6-14(25)7-19(23(13)32-16-8-15(26)10-27-11-16)18-4-5-28-20-9-17(33-24(18)20)12-29-21(30)2-3-22(29)31/h4-7,9,15-16,27H,2-3,8,10-12H2,1H3/t15-,16+/m1/s1. The van der Waals surface area contributed by atoms with E-state index in [4.69, 9.17) is 16.3 Å². The second-order valence-corrected chi connectivity index (χ2v) is 10.1. The number of rotatable bonds is 5. The van der Waals surface area contributed by atoms with E-state index in [0.29, 0.717) is 30.3 Å². The molecule has 0 radical (unpaired) electrons. The molecule has 2 saturated heterocycles. The van der Waals surface area contributed by atoms with Gasteiger partial charge in [-0.2, -0.15) is 0 Å². The van der Waals surface area contributed by atoms with Crippen LogP contribution in [0.1, 0.15) is 29.7 Å². The Kier molecular flexibility index (Phi) is 6.07. The zero-order chi connectivity index (χ0) is 23.1. The van der Waals surface area contributed by atoms with Crippen LogP contribution in [0, 0.1) is 6.92 Å². The number of benzene rings is 1. The minimum absolute atomic E-state index is 0.140. The molecule has 3 aromatic rings. The van der Waals surface area contributed by atoms with Crippen molar-refractivity contribution in [1.82, 2.24) is 15.2 Å². The molecule has 0 spiro atoms. The summed E-state index contributed by atoms with van der Waals surface area (Å²) in [5, 5.41) is 3.65. The lowest BCUT2D eigenvalue weighted by Crippen LogP contribution is -2.43. The molecule has 2 aromatic heterocycles. The van der Waals surface area contributed by atoms with Crippen molar-refractivity contribution in [3.63, 3.8) is 0 Å². The smallest absolute Gasteiger partial charge is 0.230 e. The Bertz CT molecular complexity index is 1230. The van der Waals surface area contributed by atoms with Crippen molar-refractivity contribution in [2.24, 2.45) is 0 Å². The molecule has 6 nitrogen and oxygen atoms in total. The summed E-state index contributed by atoms with van der Waals surface area (Å²) in [6, 6.07) is 7.52. The number of fused-ring (bicyclic) bond motifs is 1. The first-order chi connectivity index (χ1) is 15.9. The van der Waals surface area contributed by atoms with E-state index in [1.807, 2.05) is 31.2 Å². The molecule has 172 valence electrons. The monoisotopic (exact) mass is 487 g/mol. The van der Waals surface area contributed by atoms with Gasteiger partial charge in [0.05, 0.1) is 16.8 Å². The topological polar surface area (TPSA) is 71.5 Å². The molecule has 0 unspecified atom stereocenters. The molecule has 2 amide bonds. The zero-order valence-electron chi connectivity index (χ0n) is 18.1. The van der Waals surface area contributed by atoms with E-state index < -0.39 is 6.17 Å². The maximum absolute atomic E-state index is 13.9. The van der Waals surface area contributed by atoms with Crippen molar-refractivity contribution < 1.29 is 18.7 Å². The number of carbonyl (C=O) groups is 2. The van der Waals surface area contributed by atoms with Crippen molar-refractivity contribution in [3.05, 3.63) is 45.9 Å². The van der Waals surface area contributed by atoms with Crippen LogP contribution in [0.5, 0.6) is 5.75 Å². The Morgan fingerprint density at radius 1 is 1.21 bits per heavy atom. The number of piperidine rings is 1. The van der Waals surface area contributed by atoms with E-state index >= 15 is 0 Å². The number of carbonyl (C=O) groups excluding carboxylic acids is 2. The van der Waals surface area contributed by atoms with E-state index in [1.165, 1.54) is 16.2 Å². The average molecular weight is 488 g/mol. The summed E-state index contributed by atoms with van der Waals surface area (Å²) in [6.45, 7) is 3.10. The van der Waals surface area contributed by atoms with Gasteiger partial charge in [0.1, 0.15) is 18.0 Å². The highest BCUT2D eigenvalue weighted by Crippen LogP contribution is 2.42. The third kappa shape index (κ3) is 4.47. The number of ether oxygens (including phenoxy) is 1. The summed E-state index contributed by atoms with van der Waals surface area (Å²) >= 11 is 7.91. The summed E-state index contributed by atoms with van der Waals surface area (Å²) in [5.41, 5.74) is 3.36. The lowest BCUT2D eigenvalue weighted by molar-refractivity contribution is -0.138. The van der Waals surface area contributed by atoms with Gasteiger partial charge >= 0.3 is 0 Å². The number of likely N-dealkylation sites (tertiary alicyclic amines) is 1. The van der Waals surface area contributed by atoms with Crippen LogP contribution in [-0.2, 0) is 16.1 Å². The molecule has 33 heavy (non-hydrogen) atoms. The number of pyridine rings is 1. The molecule has 0 bridgehead atoms. The van der Waals surface area contributed by atoms with Gasteiger partial charge in [-0.15, -0.1) is 11.3 Å². The number of imide groups is 1. The van der Waals surface area contributed by atoms with Crippen LogP contribution in [0.2, 0.25) is 5.02 Å². The fourth-order valence-electron chi connectivity index (χ4n) is 4.43. The number of aryl methyl sites for hydroxylation is 1. The summed E-state index contributed by atoms with van der Waals surface area (Å²) < 4.78 is 21.2. The normalized spacial score (nSPS) is 21.2. The summed E-state index contributed by atoms with van der Waals surface area (Å²) in [6.07, 6.45) is 1.37. The average Bonchev–Trinajstić information content (AvgIpc) is 3.33. The number of thiophene rings is 1. The lowest BCUT2D eigenvalue weighted by Gasteiger charge is -2.28. The molecule has 5 rings (SSSR count). The maximum Gasteiger partial charge on any atom is 0.230 e. The van der Waals surface area contributed by atoms with E-state index in [0.717, 1.165) is 31.8 Å². The summed E-state index contributed by atoms with van der Waals surface area (Å²) in [4.78, 5) is 30.8. The summed E-state index contributed by atoms with van der Waals surface area (Å²) in [7, 11) is 0. The predicted molar refractivity (Wildman–Crippen MR) is 126 cm³/mol. The largest absolute Gasteiger partial charge is 0.488 e. The second-order valence-electron chi connectivity index (χ2n) is 8.49. The Labute approximate surface area is 199 Å². The van der Waals surface area contributed by atoms with Gasteiger partial charge in [0.2, 0.25) is 11.8 Å². The quantitative estimate of drug-likeness (QED) is 0.530. The van der Waals surface area contributed by atoms with Gasteiger partial charge in [-0.1, -0.05) is 11.6 Å². The predicted octanol–water partition coefficient (Wildman–Crippen LogP) is 4.65. The molecular formula is C24H23ClFN3O3S. The fourth-order valence-corrected chi connectivity index (χ4v) is 5.83. The van der Waals surface area contributed by atoms with Crippen molar-refractivity contribution in [2.45, 2.75) is 45.0 Å². The van der Waals surface area contributed by atoms with Gasteiger partial charge in [-0.3, -0.25) is 19.5 Å². The number of hydrogen-bond acceptors (Lipinski definition) is 6. The molecule has 2 fully saturated rings. The lowest BCUT2D eigenvalue weighted by atomic mass is 10.0. The molecule has 0 aliphatic carbocycles. The number of nitrogens with one attached hydrogen (secondary N) is 1. The van der Waals surface area contributed by atoms with Crippen LogP contribution >= 0.6 is 22.9 Å². The van der Waals surface area contributed by atoms with E-state index in [-0.39, 0.29) is 37.3 Å². The summed E-state index contributed by atoms with van der Waals surface area (Å²) in [5.74, 6) is 0.394. The first-order valence-corrected chi connectivity index (χ1v) is 12.1. The maximum atomic E-state index is 13.9. The molecule has 1 N–H and O–H groups in total. The molecule has 2 aliphatic rings. The number of aromatic nitrogens is 1. The number of amides is 2. The number of nitrogens with zero attached hydrogens (tertiary/aromatic N) is 2. The Hall–Kier alpha value is -2.55. The molecule has 2 aliphatic heterocycles. The highest BCUT2D eigenvalue weighted by molar-refractivity contribution is 7.19. The van der Waals surface area contributed by atoms with E-state index in [1.54, 1.807) is 6.20 Å².